The van der Waals surface area contributed by atoms with E-state index in [1.807, 2.05) is 0 Å². The summed E-state index contributed by atoms with van der Waals surface area (Å²) in [5, 5.41) is 7.11. The molecule has 0 spiro atoms. The summed E-state index contributed by atoms with van der Waals surface area (Å²) in [6, 6.07) is 0.484. The van der Waals surface area contributed by atoms with Gasteiger partial charge in [-0.3, -0.25) is 9.79 Å². The summed E-state index contributed by atoms with van der Waals surface area (Å²) in [6.45, 7) is 9.49. The number of amides is 1. The summed E-state index contributed by atoms with van der Waals surface area (Å²) in [5.41, 5.74) is 0. The van der Waals surface area contributed by atoms with Gasteiger partial charge in [0.1, 0.15) is 6.54 Å². The molecule has 98 valence electrons. The standard InChI is InChI=1S/C12H23N3OS/c1-8(2)5-13-11(16)6-14-12-15-10(7-17-12)9(3)4/h8-10H,5-7H2,1-4H3,(H,13,16)(H,14,15). The zero-order valence-corrected chi connectivity index (χ0v) is 11.9. The second kappa shape index (κ2) is 6.89. The quantitative estimate of drug-likeness (QED) is 0.784. The van der Waals surface area contributed by atoms with Crippen molar-refractivity contribution in [2.45, 2.75) is 33.7 Å². The van der Waals surface area contributed by atoms with Gasteiger partial charge in [0.05, 0.1) is 0 Å². The molecule has 0 radical (unpaired) electrons. The van der Waals surface area contributed by atoms with Crippen molar-refractivity contribution in [3.05, 3.63) is 0 Å². The van der Waals surface area contributed by atoms with Gasteiger partial charge in [-0.15, -0.1) is 0 Å². The highest BCUT2D eigenvalue weighted by Gasteiger charge is 2.22. The highest BCUT2D eigenvalue weighted by molar-refractivity contribution is 8.14. The van der Waals surface area contributed by atoms with E-state index in [0.717, 1.165) is 17.5 Å². The van der Waals surface area contributed by atoms with E-state index in [-0.39, 0.29) is 12.5 Å². The minimum atomic E-state index is 0.00148. The van der Waals surface area contributed by atoms with E-state index in [0.29, 0.717) is 17.9 Å². The minimum absolute atomic E-state index is 0.00148. The number of aliphatic imine (C=N–C) groups is 1. The Labute approximate surface area is 108 Å². The fourth-order valence-corrected chi connectivity index (χ4v) is 2.57. The summed E-state index contributed by atoms with van der Waals surface area (Å²) in [6.07, 6.45) is 0. The summed E-state index contributed by atoms with van der Waals surface area (Å²) in [5.74, 6) is 2.13. The Balaban J connectivity index is 2.27. The lowest BCUT2D eigenvalue weighted by molar-refractivity contribution is -0.119. The zero-order chi connectivity index (χ0) is 12.8. The molecule has 0 saturated carbocycles. The van der Waals surface area contributed by atoms with Crippen molar-refractivity contribution in [1.29, 1.82) is 0 Å². The molecular weight excluding hydrogens is 234 g/mol. The Hall–Kier alpha value is -0.710. The Morgan fingerprint density at radius 1 is 1.53 bits per heavy atom. The maximum absolute atomic E-state index is 11.5. The Kier molecular flexibility index (Phi) is 5.82. The van der Waals surface area contributed by atoms with Crippen LogP contribution in [0, 0.1) is 11.8 Å². The first-order chi connectivity index (χ1) is 7.99. The molecular formula is C12H23N3OS. The minimum Gasteiger partial charge on any atom is -0.361 e. The Morgan fingerprint density at radius 2 is 2.24 bits per heavy atom. The van der Waals surface area contributed by atoms with Crippen LogP contribution in [0.5, 0.6) is 0 Å². The second-order valence-electron chi connectivity index (χ2n) is 5.13. The smallest absolute Gasteiger partial charge is 0.241 e. The molecule has 1 heterocycles. The number of nitrogens with one attached hydrogen (secondary N) is 2. The van der Waals surface area contributed by atoms with Crippen molar-refractivity contribution < 1.29 is 4.79 Å². The molecule has 1 fully saturated rings. The molecule has 1 aliphatic heterocycles. The van der Waals surface area contributed by atoms with E-state index >= 15 is 0 Å². The van der Waals surface area contributed by atoms with E-state index in [1.165, 1.54) is 0 Å². The average Bonchev–Trinajstić information content (AvgIpc) is 2.72. The fraction of sp³-hybridized carbons (Fsp3) is 0.833. The number of hydrogen-bond donors (Lipinski definition) is 2. The first-order valence-electron chi connectivity index (χ1n) is 6.19. The summed E-state index contributed by atoms with van der Waals surface area (Å²) in [7, 11) is 0. The van der Waals surface area contributed by atoms with Gasteiger partial charge in [-0.1, -0.05) is 39.5 Å². The molecule has 4 nitrogen and oxygen atoms in total. The normalized spacial score (nSPS) is 22.2. The van der Waals surface area contributed by atoms with Gasteiger partial charge >= 0.3 is 0 Å². The van der Waals surface area contributed by atoms with Gasteiger partial charge in [-0.2, -0.15) is 0 Å². The monoisotopic (exact) mass is 257 g/mol. The van der Waals surface area contributed by atoms with Crippen molar-refractivity contribution in [1.82, 2.24) is 10.6 Å². The molecule has 1 unspecified atom stereocenters. The third-order valence-electron chi connectivity index (χ3n) is 2.59. The first-order valence-corrected chi connectivity index (χ1v) is 7.18. The van der Waals surface area contributed by atoms with E-state index in [2.05, 4.69) is 43.3 Å². The number of rotatable bonds is 5. The van der Waals surface area contributed by atoms with E-state index in [4.69, 9.17) is 0 Å². The molecule has 1 amide bonds. The number of thioether (sulfide) groups is 1. The fourth-order valence-electron chi connectivity index (χ4n) is 1.38. The highest BCUT2D eigenvalue weighted by atomic mass is 32.2. The van der Waals surface area contributed by atoms with Crippen LogP contribution in [0.4, 0.5) is 0 Å². The van der Waals surface area contributed by atoms with Crippen LogP contribution >= 0.6 is 11.8 Å². The van der Waals surface area contributed by atoms with Gasteiger partial charge in [0.15, 0.2) is 5.17 Å². The molecule has 2 N–H and O–H groups in total. The Morgan fingerprint density at radius 3 is 2.76 bits per heavy atom. The molecule has 1 atom stereocenters. The van der Waals surface area contributed by atoms with Crippen LogP contribution in [0.2, 0.25) is 0 Å². The molecule has 0 aromatic heterocycles. The van der Waals surface area contributed by atoms with Gasteiger partial charge < -0.3 is 10.6 Å². The lowest BCUT2D eigenvalue weighted by Gasteiger charge is -2.13. The predicted molar refractivity (Wildman–Crippen MR) is 74.4 cm³/mol. The van der Waals surface area contributed by atoms with Crippen LogP contribution in [-0.2, 0) is 4.79 Å². The van der Waals surface area contributed by atoms with Gasteiger partial charge in [-0.05, 0) is 11.8 Å². The molecule has 0 bridgehead atoms. The molecule has 1 saturated heterocycles. The molecule has 0 aromatic carbocycles. The maximum atomic E-state index is 11.5. The van der Waals surface area contributed by atoms with Gasteiger partial charge in [0.25, 0.3) is 0 Å². The van der Waals surface area contributed by atoms with Crippen LogP contribution in [0.25, 0.3) is 0 Å². The molecule has 5 heteroatoms. The Bertz CT molecular complexity index is 289. The molecule has 0 aliphatic carbocycles. The van der Waals surface area contributed by atoms with Crippen LogP contribution in [0.1, 0.15) is 27.7 Å². The lowest BCUT2D eigenvalue weighted by atomic mass is 10.1. The largest absolute Gasteiger partial charge is 0.361 e. The van der Waals surface area contributed by atoms with Gasteiger partial charge in [0.2, 0.25) is 5.91 Å². The van der Waals surface area contributed by atoms with E-state index < -0.39 is 0 Å². The highest BCUT2D eigenvalue weighted by Crippen LogP contribution is 2.18. The summed E-state index contributed by atoms with van der Waals surface area (Å²) in [4.78, 5) is 15.8. The molecule has 0 aromatic rings. The van der Waals surface area contributed by atoms with Crippen molar-refractivity contribution in [3.63, 3.8) is 0 Å². The van der Waals surface area contributed by atoms with Crippen molar-refractivity contribution >= 4 is 22.8 Å². The molecule has 1 aliphatic rings. The number of nitrogens with zero attached hydrogens (tertiary/aromatic N) is 1. The van der Waals surface area contributed by atoms with Crippen LogP contribution in [0.3, 0.4) is 0 Å². The topological polar surface area (TPSA) is 53.5 Å². The van der Waals surface area contributed by atoms with Crippen molar-refractivity contribution in [2.24, 2.45) is 16.8 Å². The summed E-state index contributed by atoms with van der Waals surface area (Å²) >= 11 is 1.70. The first kappa shape index (κ1) is 14.4. The number of carbonyl (C=O) groups is 1. The zero-order valence-electron chi connectivity index (χ0n) is 11.1. The second-order valence-corrected chi connectivity index (χ2v) is 6.13. The summed E-state index contributed by atoms with van der Waals surface area (Å²) < 4.78 is 0. The SMILES string of the molecule is CC(C)CNC(=O)CN=C1NC(C(C)C)CS1. The third-order valence-corrected chi connectivity index (χ3v) is 3.63. The van der Waals surface area contributed by atoms with Crippen LogP contribution in [0.15, 0.2) is 4.99 Å². The van der Waals surface area contributed by atoms with Gasteiger partial charge in [0, 0.05) is 18.3 Å². The lowest BCUT2D eigenvalue weighted by Crippen LogP contribution is -2.33. The predicted octanol–water partition coefficient (Wildman–Crippen LogP) is 1.48. The third kappa shape index (κ3) is 5.44. The van der Waals surface area contributed by atoms with Crippen LogP contribution < -0.4 is 10.6 Å². The van der Waals surface area contributed by atoms with Crippen LogP contribution in [-0.4, -0.2) is 36.0 Å². The molecule has 1 rings (SSSR count). The van der Waals surface area contributed by atoms with E-state index in [1.54, 1.807) is 11.8 Å². The van der Waals surface area contributed by atoms with Crippen molar-refractivity contribution in [3.8, 4) is 0 Å². The average molecular weight is 257 g/mol. The molecule has 17 heavy (non-hydrogen) atoms. The number of hydrogen-bond acceptors (Lipinski definition) is 3. The van der Waals surface area contributed by atoms with E-state index in [9.17, 15) is 4.79 Å². The van der Waals surface area contributed by atoms with Crippen molar-refractivity contribution in [2.75, 3.05) is 18.8 Å². The number of amidine groups is 1. The maximum Gasteiger partial charge on any atom is 0.241 e. The number of carbonyl (C=O) groups excluding carboxylic acids is 1. The van der Waals surface area contributed by atoms with Gasteiger partial charge in [-0.25, -0.2) is 0 Å².